The molecule has 0 saturated carbocycles. The van der Waals surface area contributed by atoms with Crippen molar-refractivity contribution >= 4 is 23.4 Å². The van der Waals surface area contributed by atoms with Crippen molar-refractivity contribution in [2.24, 2.45) is 0 Å². The van der Waals surface area contributed by atoms with Crippen molar-refractivity contribution in [1.82, 2.24) is 0 Å². The van der Waals surface area contributed by atoms with Gasteiger partial charge < -0.3 is 10.1 Å². The molecular formula is C14H20FNO2S. The predicted octanol–water partition coefficient (Wildman–Crippen LogP) is 3.31. The molecular weight excluding hydrogens is 265 g/mol. The van der Waals surface area contributed by atoms with Gasteiger partial charge in [-0.05, 0) is 43.0 Å². The Morgan fingerprint density at radius 1 is 1.47 bits per heavy atom. The maximum absolute atomic E-state index is 13.1. The number of anilines is 1. The zero-order valence-electron chi connectivity index (χ0n) is 11.3. The molecule has 1 atom stereocenters. The molecule has 0 aliphatic heterocycles. The van der Waals surface area contributed by atoms with Gasteiger partial charge in [0.2, 0.25) is 0 Å². The Morgan fingerprint density at radius 2 is 2.26 bits per heavy atom. The standard InChI is InChI=1S/C14H20FNO2S/c1-3-18-14(17)13(8-9-19-4-2)16-12-7-5-6-11(15)10-12/h5-7,10,13,16H,3-4,8-9H2,1-2H3. The fourth-order valence-electron chi connectivity index (χ4n) is 1.62. The van der Waals surface area contributed by atoms with E-state index in [1.165, 1.54) is 12.1 Å². The summed E-state index contributed by atoms with van der Waals surface area (Å²) in [5.74, 6) is 1.26. The second kappa shape index (κ2) is 8.80. The lowest BCUT2D eigenvalue weighted by molar-refractivity contribution is -0.144. The quantitative estimate of drug-likeness (QED) is 0.587. The van der Waals surface area contributed by atoms with Gasteiger partial charge in [-0.2, -0.15) is 11.8 Å². The van der Waals surface area contributed by atoms with Crippen molar-refractivity contribution in [3.05, 3.63) is 30.1 Å². The third kappa shape index (κ3) is 5.96. The number of nitrogens with one attached hydrogen (secondary N) is 1. The molecule has 0 heterocycles. The molecule has 0 aliphatic carbocycles. The molecule has 3 nitrogen and oxygen atoms in total. The summed E-state index contributed by atoms with van der Waals surface area (Å²) in [6.45, 7) is 4.20. The third-order valence-corrected chi connectivity index (χ3v) is 3.42. The van der Waals surface area contributed by atoms with Crippen molar-refractivity contribution in [2.75, 3.05) is 23.4 Å². The van der Waals surface area contributed by atoms with Crippen LogP contribution in [0.2, 0.25) is 0 Å². The minimum atomic E-state index is -0.430. The summed E-state index contributed by atoms with van der Waals surface area (Å²) in [5, 5.41) is 3.04. The normalized spacial score (nSPS) is 11.9. The van der Waals surface area contributed by atoms with Crippen molar-refractivity contribution in [1.29, 1.82) is 0 Å². The number of carbonyl (C=O) groups excluding carboxylic acids is 1. The Balaban J connectivity index is 2.64. The van der Waals surface area contributed by atoms with Crippen LogP contribution in [0, 0.1) is 5.82 Å². The first-order valence-electron chi connectivity index (χ1n) is 6.43. The second-order valence-corrected chi connectivity index (χ2v) is 5.34. The summed E-state index contributed by atoms with van der Waals surface area (Å²) in [6, 6.07) is 5.67. The van der Waals surface area contributed by atoms with E-state index in [2.05, 4.69) is 12.2 Å². The van der Waals surface area contributed by atoms with Gasteiger partial charge in [-0.25, -0.2) is 9.18 Å². The molecule has 0 spiro atoms. The Bertz CT molecular complexity index is 401. The number of rotatable bonds is 8. The number of ether oxygens (including phenoxy) is 1. The minimum Gasteiger partial charge on any atom is -0.464 e. The van der Waals surface area contributed by atoms with E-state index < -0.39 is 6.04 Å². The summed E-state index contributed by atoms with van der Waals surface area (Å²) in [4.78, 5) is 11.8. The first kappa shape index (κ1) is 15.8. The lowest BCUT2D eigenvalue weighted by Gasteiger charge is -2.18. The van der Waals surface area contributed by atoms with Crippen LogP contribution >= 0.6 is 11.8 Å². The Hall–Kier alpha value is -1.23. The van der Waals surface area contributed by atoms with Crippen LogP contribution in [0.4, 0.5) is 10.1 Å². The molecule has 19 heavy (non-hydrogen) atoms. The van der Waals surface area contributed by atoms with Gasteiger partial charge in [0.15, 0.2) is 0 Å². The number of hydrogen-bond acceptors (Lipinski definition) is 4. The van der Waals surface area contributed by atoms with Crippen molar-refractivity contribution < 1.29 is 13.9 Å². The Kier molecular flexibility index (Phi) is 7.33. The average Bonchev–Trinajstić information content (AvgIpc) is 2.38. The molecule has 5 heteroatoms. The van der Waals surface area contributed by atoms with Gasteiger partial charge in [-0.1, -0.05) is 13.0 Å². The molecule has 0 bridgehead atoms. The van der Waals surface area contributed by atoms with Crippen LogP contribution in [0.1, 0.15) is 20.3 Å². The van der Waals surface area contributed by atoms with E-state index in [0.717, 1.165) is 11.5 Å². The van der Waals surface area contributed by atoms with Crippen LogP contribution in [-0.4, -0.2) is 30.1 Å². The molecule has 0 aromatic heterocycles. The summed E-state index contributed by atoms with van der Waals surface area (Å²) in [7, 11) is 0. The predicted molar refractivity (Wildman–Crippen MR) is 78.1 cm³/mol. The molecule has 0 saturated heterocycles. The van der Waals surface area contributed by atoms with Crippen LogP contribution in [0.3, 0.4) is 0 Å². The Labute approximate surface area is 117 Å². The maximum Gasteiger partial charge on any atom is 0.328 e. The first-order valence-corrected chi connectivity index (χ1v) is 7.59. The highest BCUT2D eigenvalue weighted by Crippen LogP contribution is 2.14. The molecule has 106 valence electrons. The zero-order valence-corrected chi connectivity index (χ0v) is 12.1. The largest absolute Gasteiger partial charge is 0.464 e. The number of carbonyl (C=O) groups is 1. The van der Waals surface area contributed by atoms with E-state index in [4.69, 9.17) is 4.74 Å². The van der Waals surface area contributed by atoms with Gasteiger partial charge >= 0.3 is 5.97 Å². The van der Waals surface area contributed by atoms with Crippen LogP contribution in [0.25, 0.3) is 0 Å². The molecule has 1 aromatic carbocycles. The molecule has 1 unspecified atom stereocenters. The highest BCUT2D eigenvalue weighted by atomic mass is 32.2. The van der Waals surface area contributed by atoms with Crippen LogP contribution in [0.5, 0.6) is 0 Å². The summed E-state index contributed by atoms with van der Waals surface area (Å²) >= 11 is 1.76. The maximum atomic E-state index is 13.1. The third-order valence-electron chi connectivity index (χ3n) is 2.49. The highest BCUT2D eigenvalue weighted by Gasteiger charge is 2.19. The molecule has 0 radical (unpaired) electrons. The lowest BCUT2D eigenvalue weighted by atomic mass is 10.2. The topological polar surface area (TPSA) is 38.3 Å². The minimum absolute atomic E-state index is 0.288. The lowest BCUT2D eigenvalue weighted by Crippen LogP contribution is -2.32. The van der Waals surface area contributed by atoms with Crippen molar-refractivity contribution in [3.63, 3.8) is 0 Å². The van der Waals surface area contributed by atoms with E-state index in [1.54, 1.807) is 30.8 Å². The molecule has 0 amide bonds. The number of benzene rings is 1. The van der Waals surface area contributed by atoms with E-state index in [9.17, 15) is 9.18 Å². The van der Waals surface area contributed by atoms with E-state index in [0.29, 0.717) is 18.7 Å². The van der Waals surface area contributed by atoms with Gasteiger partial charge in [-0.15, -0.1) is 0 Å². The number of esters is 1. The van der Waals surface area contributed by atoms with Crippen LogP contribution < -0.4 is 5.32 Å². The fraction of sp³-hybridized carbons (Fsp3) is 0.500. The molecule has 1 rings (SSSR count). The van der Waals surface area contributed by atoms with Crippen LogP contribution in [-0.2, 0) is 9.53 Å². The van der Waals surface area contributed by atoms with Crippen molar-refractivity contribution in [2.45, 2.75) is 26.3 Å². The van der Waals surface area contributed by atoms with Gasteiger partial charge in [0.05, 0.1) is 6.61 Å². The number of halogens is 1. The van der Waals surface area contributed by atoms with E-state index in [-0.39, 0.29) is 11.8 Å². The number of hydrogen-bond donors (Lipinski definition) is 1. The highest BCUT2D eigenvalue weighted by molar-refractivity contribution is 7.99. The monoisotopic (exact) mass is 285 g/mol. The molecule has 0 aliphatic rings. The van der Waals surface area contributed by atoms with Crippen molar-refractivity contribution in [3.8, 4) is 0 Å². The SMILES string of the molecule is CCOC(=O)C(CCSCC)Nc1cccc(F)c1. The van der Waals surface area contributed by atoms with E-state index in [1.807, 2.05) is 0 Å². The smallest absolute Gasteiger partial charge is 0.328 e. The average molecular weight is 285 g/mol. The molecule has 0 fully saturated rings. The fourth-order valence-corrected chi connectivity index (χ4v) is 2.31. The number of thioether (sulfide) groups is 1. The van der Waals surface area contributed by atoms with Gasteiger partial charge in [0, 0.05) is 5.69 Å². The van der Waals surface area contributed by atoms with E-state index >= 15 is 0 Å². The van der Waals surface area contributed by atoms with Crippen LogP contribution in [0.15, 0.2) is 24.3 Å². The molecule has 1 aromatic rings. The zero-order chi connectivity index (χ0) is 14.1. The Morgan fingerprint density at radius 3 is 2.89 bits per heavy atom. The van der Waals surface area contributed by atoms with Gasteiger partial charge in [-0.3, -0.25) is 0 Å². The summed E-state index contributed by atoms with van der Waals surface area (Å²) in [6.07, 6.45) is 0.661. The summed E-state index contributed by atoms with van der Waals surface area (Å²) in [5.41, 5.74) is 0.597. The summed E-state index contributed by atoms with van der Waals surface area (Å²) < 4.78 is 18.1. The van der Waals surface area contributed by atoms with Gasteiger partial charge in [0.25, 0.3) is 0 Å². The van der Waals surface area contributed by atoms with Gasteiger partial charge in [0.1, 0.15) is 11.9 Å². The first-order chi connectivity index (χ1) is 9.17. The molecule has 1 N–H and O–H groups in total. The second-order valence-electron chi connectivity index (χ2n) is 3.94.